The van der Waals surface area contributed by atoms with Gasteiger partial charge in [0, 0.05) is 12.2 Å². The number of hydrogen-bond acceptors (Lipinski definition) is 5. The van der Waals surface area contributed by atoms with Gasteiger partial charge in [0.2, 0.25) is 11.8 Å². The van der Waals surface area contributed by atoms with Crippen LogP contribution in [0.2, 0.25) is 0 Å². The highest BCUT2D eigenvalue weighted by molar-refractivity contribution is 6.05. The van der Waals surface area contributed by atoms with Crippen LogP contribution < -0.4 is 5.32 Å². The summed E-state index contributed by atoms with van der Waals surface area (Å²) in [5.74, 6) is -1.82. The Morgan fingerprint density at radius 3 is 2.39 bits per heavy atom. The number of amides is 3. The number of fused-ring (bicyclic) bond motifs is 1. The molecule has 1 aliphatic heterocycles. The van der Waals surface area contributed by atoms with E-state index in [9.17, 15) is 19.2 Å². The van der Waals surface area contributed by atoms with E-state index in [0.29, 0.717) is 5.69 Å². The van der Waals surface area contributed by atoms with E-state index >= 15 is 0 Å². The lowest BCUT2D eigenvalue weighted by Gasteiger charge is -2.19. The van der Waals surface area contributed by atoms with E-state index in [0.717, 1.165) is 36.8 Å². The maximum atomic E-state index is 12.4. The van der Waals surface area contributed by atoms with Gasteiger partial charge in [0.15, 0.2) is 6.61 Å². The lowest BCUT2D eigenvalue weighted by atomic mass is 9.81. The third kappa shape index (κ3) is 4.24. The van der Waals surface area contributed by atoms with Gasteiger partial charge in [0.25, 0.3) is 5.91 Å². The van der Waals surface area contributed by atoms with E-state index in [1.54, 1.807) is 6.07 Å². The third-order valence-electron chi connectivity index (χ3n) is 5.71. The number of nitrogens with zero attached hydrogens (tertiary/aromatic N) is 1. The second-order valence-electron chi connectivity index (χ2n) is 7.53. The summed E-state index contributed by atoms with van der Waals surface area (Å²) in [6.45, 7) is 3.46. The lowest BCUT2D eigenvalue weighted by Crippen LogP contribution is -2.33. The second kappa shape index (κ2) is 8.54. The summed E-state index contributed by atoms with van der Waals surface area (Å²) in [6.07, 6.45) is 3.31. The van der Waals surface area contributed by atoms with E-state index in [-0.39, 0.29) is 36.6 Å². The van der Waals surface area contributed by atoms with Crippen LogP contribution in [0.4, 0.5) is 5.69 Å². The highest BCUT2D eigenvalue weighted by Crippen LogP contribution is 2.37. The van der Waals surface area contributed by atoms with Crippen molar-refractivity contribution in [2.45, 2.75) is 46.0 Å². The molecule has 0 unspecified atom stereocenters. The van der Waals surface area contributed by atoms with Gasteiger partial charge in [-0.1, -0.05) is 25.0 Å². The first-order valence-corrected chi connectivity index (χ1v) is 9.75. The van der Waals surface area contributed by atoms with Gasteiger partial charge in [-0.2, -0.15) is 0 Å². The molecule has 3 rings (SSSR count). The summed E-state index contributed by atoms with van der Waals surface area (Å²) in [5.41, 5.74) is 2.68. The number of ether oxygens (including phenoxy) is 1. The van der Waals surface area contributed by atoms with E-state index in [4.69, 9.17) is 4.74 Å². The number of carbonyl (C=O) groups is 4. The minimum atomic E-state index is -0.605. The zero-order chi connectivity index (χ0) is 20.3. The standard InChI is InChI=1S/C21H26N2O5/c1-13-6-5-9-17(14(13)2)22-18(24)12-28-19(25)10-11-23-20(26)15-7-3-4-8-16(15)21(23)27/h5-6,9,15-16H,3-4,7-8,10-12H2,1-2H3,(H,22,24)/t15-,16-/m0/s1. The van der Waals surface area contributed by atoms with Crippen LogP contribution in [0.5, 0.6) is 0 Å². The van der Waals surface area contributed by atoms with Gasteiger partial charge in [0.05, 0.1) is 18.3 Å². The second-order valence-corrected chi connectivity index (χ2v) is 7.53. The maximum Gasteiger partial charge on any atom is 0.308 e. The number of anilines is 1. The van der Waals surface area contributed by atoms with Gasteiger partial charge >= 0.3 is 5.97 Å². The Balaban J connectivity index is 1.44. The Kier molecular flexibility index (Phi) is 6.11. The molecule has 1 N–H and O–H groups in total. The normalized spacial score (nSPS) is 21.4. The number of hydrogen-bond donors (Lipinski definition) is 1. The van der Waals surface area contributed by atoms with Crippen molar-refractivity contribution in [2.75, 3.05) is 18.5 Å². The summed E-state index contributed by atoms with van der Waals surface area (Å²) < 4.78 is 4.99. The predicted molar refractivity (Wildman–Crippen MR) is 102 cm³/mol. The SMILES string of the molecule is Cc1cccc(NC(=O)COC(=O)CCN2C(=O)[C@H]3CCCC[C@@H]3C2=O)c1C. The molecular formula is C21H26N2O5. The van der Waals surface area contributed by atoms with Crippen molar-refractivity contribution in [3.8, 4) is 0 Å². The van der Waals surface area contributed by atoms with Gasteiger partial charge < -0.3 is 10.1 Å². The molecule has 28 heavy (non-hydrogen) atoms. The molecule has 0 spiro atoms. The van der Waals surface area contributed by atoms with Crippen LogP contribution >= 0.6 is 0 Å². The van der Waals surface area contributed by atoms with E-state index in [1.165, 1.54) is 4.90 Å². The Bertz CT molecular complexity index is 780. The molecule has 2 fully saturated rings. The number of nitrogens with one attached hydrogen (secondary N) is 1. The largest absolute Gasteiger partial charge is 0.456 e. The van der Waals surface area contributed by atoms with Gasteiger partial charge in [-0.25, -0.2) is 0 Å². The van der Waals surface area contributed by atoms with Crippen molar-refractivity contribution in [3.05, 3.63) is 29.3 Å². The molecule has 0 aromatic heterocycles. The molecule has 0 bridgehead atoms. The van der Waals surface area contributed by atoms with Gasteiger partial charge in [0.1, 0.15) is 0 Å². The van der Waals surface area contributed by atoms with Crippen molar-refractivity contribution in [2.24, 2.45) is 11.8 Å². The first kappa shape index (κ1) is 20.0. The van der Waals surface area contributed by atoms with Crippen molar-refractivity contribution in [3.63, 3.8) is 0 Å². The zero-order valence-electron chi connectivity index (χ0n) is 16.3. The van der Waals surface area contributed by atoms with Crippen molar-refractivity contribution in [1.29, 1.82) is 0 Å². The fourth-order valence-corrected chi connectivity index (χ4v) is 3.95. The zero-order valence-corrected chi connectivity index (χ0v) is 16.3. The molecule has 7 nitrogen and oxygen atoms in total. The smallest absolute Gasteiger partial charge is 0.308 e. The van der Waals surface area contributed by atoms with Crippen molar-refractivity contribution < 1.29 is 23.9 Å². The van der Waals surface area contributed by atoms with Crippen LogP contribution in [0.3, 0.4) is 0 Å². The monoisotopic (exact) mass is 386 g/mol. The summed E-state index contributed by atoms with van der Waals surface area (Å²) >= 11 is 0. The minimum absolute atomic E-state index is 0.0160. The molecule has 2 aliphatic rings. The Morgan fingerprint density at radius 1 is 1.11 bits per heavy atom. The molecule has 7 heteroatoms. The molecule has 150 valence electrons. The fraction of sp³-hybridized carbons (Fsp3) is 0.524. The van der Waals surface area contributed by atoms with E-state index in [1.807, 2.05) is 26.0 Å². The number of carbonyl (C=O) groups excluding carboxylic acids is 4. The lowest BCUT2D eigenvalue weighted by molar-refractivity contribution is -0.148. The number of aryl methyl sites for hydroxylation is 1. The van der Waals surface area contributed by atoms with Crippen LogP contribution in [0, 0.1) is 25.7 Å². The average molecular weight is 386 g/mol. The number of rotatable bonds is 6. The molecule has 3 amide bonds. The highest BCUT2D eigenvalue weighted by atomic mass is 16.5. The fourth-order valence-electron chi connectivity index (χ4n) is 3.95. The molecule has 1 saturated carbocycles. The Hall–Kier alpha value is -2.70. The first-order valence-electron chi connectivity index (χ1n) is 9.75. The van der Waals surface area contributed by atoms with Crippen molar-refractivity contribution >= 4 is 29.4 Å². The summed E-state index contributed by atoms with van der Waals surface area (Å²) in [4.78, 5) is 49.9. The summed E-state index contributed by atoms with van der Waals surface area (Å²) in [5, 5.41) is 2.72. The van der Waals surface area contributed by atoms with Crippen molar-refractivity contribution in [1.82, 2.24) is 4.90 Å². The predicted octanol–water partition coefficient (Wildman–Crippen LogP) is 2.35. The van der Waals surface area contributed by atoms with Gasteiger partial charge in [-0.15, -0.1) is 0 Å². The molecule has 1 saturated heterocycles. The summed E-state index contributed by atoms with van der Waals surface area (Å²) in [7, 11) is 0. The number of esters is 1. The quantitative estimate of drug-likeness (QED) is 0.598. The molecule has 1 aliphatic carbocycles. The molecule has 1 heterocycles. The minimum Gasteiger partial charge on any atom is -0.456 e. The van der Waals surface area contributed by atoms with E-state index in [2.05, 4.69) is 5.32 Å². The Morgan fingerprint density at radius 2 is 1.75 bits per heavy atom. The van der Waals surface area contributed by atoms with Crippen LogP contribution in [-0.2, 0) is 23.9 Å². The number of imide groups is 1. The molecule has 0 radical (unpaired) electrons. The molecule has 1 aromatic rings. The first-order chi connectivity index (χ1) is 13.4. The Labute approximate surface area is 164 Å². The van der Waals surface area contributed by atoms with Crippen LogP contribution in [0.1, 0.15) is 43.2 Å². The number of benzene rings is 1. The van der Waals surface area contributed by atoms with Crippen LogP contribution in [-0.4, -0.2) is 41.7 Å². The topological polar surface area (TPSA) is 92.8 Å². The van der Waals surface area contributed by atoms with Crippen LogP contribution in [0.15, 0.2) is 18.2 Å². The molecule has 1 aromatic carbocycles. The van der Waals surface area contributed by atoms with Crippen LogP contribution in [0.25, 0.3) is 0 Å². The van der Waals surface area contributed by atoms with E-state index < -0.39 is 18.5 Å². The van der Waals surface area contributed by atoms with Gasteiger partial charge in [-0.3, -0.25) is 24.1 Å². The molecule has 2 atom stereocenters. The highest BCUT2D eigenvalue weighted by Gasteiger charge is 2.47. The maximum absolute atomic E-state index is 12.4. The average Bonchev–Trinajstić information content (AvgIpc) is 2.93. The third-order valence-corrected chi connectivity index (χ3v) is 5.71. The number of likely N-dealkylation sites (tertiary alicyclic amines) is 1. The summed E-state index contributed by atoms with van der Waals surface area (Å²) in [6, 6.07) is 5.57. The molecular weight excluding hydrogens is 360 g/mol. The van der Waals surface area contributed by atoms with Gasteiger partial charge in [-0.05, 0) is 43.9 Å².